The lowest BCUT2D eigenvalue weighted by Gasteiger charge is -2.15. The van der Waals surface area contributed by atoms with Crippen molar-refractivity contribution < 1.29 is 9.47 Å². The van der Waals surface area contributed by atoms with Crippen LogP contribution >= 0.6 is 0 Å². The Hall–Kier alpha value is -0.340. The van der Waals surface area contributed by atoms with Crippen molar-refractivity contribution in [1.29, 1.82) is 0 Å². The normalized spacial score (nSPS) is 12.6. The number of unbranched alkanes of at least 4 members (excludes halogenated alkanes) is 3. The van der Waals surface area contributed by atoms with Crippen LogP contribution < -0.4 is 0 Å². The van der Waals surface area contributed by atoms with E-state index in [0.717, 1.165) is 19.6 Å². The zero-order valence-electron chi connectivity index (χ0n) is 11.0. The van der Waals surface area contributed by atoms with Gasteiger partial charge in [0.05, 0.1) is 6.61 Å². The zero-order chi connectivity index (χ0) is 12.1. The second kappa shape index (κ2) is 12.7. The summed E-state index contributed by atoms with van der Waals surface area (Å²) in [6.07, 6.45) is 9.60. The number of ether oxygens (including phenoxy) is 2. The minimum atomic E-state index is 0.430. The topological polar surface area (TPSA) is 18.5 Å². The summed E-state index contributed by atoms with van der Waals surface area (Å²) in [7, 11) is 0. The van der Waals surface area contributed by atoms with Crippen LogP contribution in [0.2, 0.25) is 0 Å². The average molecular weight is 228 g/mol. The first-order valence-corrected chi connectivity index (χ1v) is 6.61. The lowest BCUT2D eigenvalue weighted by molar-refractivity contribution is -0.0610. The summed E-state index contributed by atoms with van der Waals surface area (Å²) in [5.41, 5.74) is 0. The van der Waals surface area contributed by atoms with Crippen LogP contribution in [0.3, 0.4) is 0 Å². The first-order valence-electron chi connectivity index (χ1n) is 6.61. The van der Waals surface area contributed by atoms with Crippen LogP contribution in [0.25, 0.3) is 0 Å². The molecule has 0 heterocycles. The molecule has 0 fully saturated rings. The maximum absolute atomic E-state index is 5.48. The molecule has 0 bridgehead atoms. The zero-order valence-corrected chi connectivity index (χ0v) is 11.0. The molecule has 1 atom stereocenters. The summed E-state index contributed by atoms with van der Waals surface area (Å²) >= 11 is 0. The van der Waals surface area contributed by atoms with Crippen LogP contribution in [0.4, 0.5) is 0 Å². The maximum atomic E-state index is 5.48. The molecule has 16 heavy (non-hydrogen) atoms. The van der Waals surface area contributed by atoms with E-state index in [1.54, 1.807) is 0 Å². The van der Waals surface area contributed by atoms with Crippen LogP contribution in [-0.2, 0) is 9.47 Å². The highest BCUT2D eigenvalue weighted by molar-refractivity contribution is 4.73. The molecular formula is C14H28O2. The molecule has 0 radical (unpaired) electrons. The van der Waals surface area contributed by atoms with Crippen molar-refractivity contribution in [2.75, 3.05) is 20.0 Å². The van der Waals surface area contributed by atoms with Gasteiger partial charge in [-0.05, 0) is 25.7 Å². The molecule has 1 unspecified atom stereocenters. The average Bonchev–Trinajstić information content (AvgIpc) is 2.30. The molecule has 0 amide bonds. The fraction of sp³-hybridized carbons (Fsp3) is 0.857. The smallest absolute Gasteiger partial charge is 0.146 e. The lowest BCUT2D eigenvalue weighted by Crippen LogP contribution is -2.11. The third-order valence-corrected chi connectivity index (χ3v) is 2.69. The fourth-order valence-electron chi connectivity index (χ4n) is 1.72. The first kappa shape index (κ1) is 15.7. The SMILES string of the molecule is C=CCC(CCCCCC)COCOCC. The molecule has 0 N–H and O–H groups in total. The fourth-order valence-corrected chi connectivity index (χ4v) is 1.72. The van der Waals surface area contributed by atoms with E-state index in [1.807, 2.05) is 13.0 Å². The van der Waals surface area contributed by atoms with E-state index in [4.69, 9.17) is 9.47 Å². The van der Waals surface area contributed by atoms with E-state index in [0.29, 0.717) is 12.7 Å². The van der Waals surface area contributed by atoms with Crippen LogP contribution in [0, 0.1) is 5.92 Å². The van der Waals surface area contributed by atoms with Crippen molar-refractivity contribution in [2.24, 2.45) is 5.92 Å². The summed E-state index contributed by atoms with van der Waals surface area (Å²) in [4.78, 5) is 0. The summed E-state index contributed by atoms with van der Waals surface area (Å²) in [6, 6.07) is 0. The van der Waals surface area contributed by atoms with Gasteiger partial charge < -0.3 is 9.47 Å². The molecule has 0 saturated carbocycles. The van der Waals surface area contributed by atoms with Gasteiger partial charge in [0.25, 0.3) is 0 Å². The van der Waals surface area contributed by atoms with Crippen LogP contribution in [-0.4, -0.2) is 20.0 Å². The number of hydrogen-bond donors (Lipinski definition) is 0. The Morgan fingerprint density at radius 2 is 1.94 bits per heavy atom. The van der Waals surface area contributed by atoms with E-state index in [-0.39, 0.29) is 0 Å². The predicted molar refractivity (Wildman–Crippen MR) is 69.5 cm³/mol. The molecule has 0 aromatic rings. The Morgan fingerprint density at radius 1 is 1.12 bits per heavy atom. The highest BCUT2D eigenvalue weighted by atomic mass is 16.7. The van der Waals surface area contributed by atoms with Crippen molar-refractivity contribution in [3.8, 4) is 0 Å². The molecule has 0 spiro atoms. The number of allylic oxidation sites excluding steroid dienone is 1. The molecular weight excluding hydrogens is 200 g/mol. The molecule has 0 rings (SSSR count). The van der Waals surface area contributed by atoms with Crippen molar-refractivity contribution in [2.45, 2.75) is 52.4 Å². The summed E-state index contributed by atoms with van der Waals surface area (Å²) < 4.78 is 10.6. The Bertz CT molecular complexity index is 134. The Morgan fingerprint density at radius 3 is 2.56 bits per heavy atom. The number of rotatable bonds is 12. The van der Waals surface area contributed by atoms with Gasteiger partial charge in [0.15, 0.2) is 0 Å². The van der Waals surface area contributed by atoms with Crippen molar-refractivity contribution in [1.82, 2.24) is 0 Å². The standard InChI is InChI=1S/C14H28O2/c1-4-7-8-9-11-14(10-5-2)12-16-13-15-6-3/h5,14H,2,4,6-13H2,1,3H3. The third kappa shape index (κ3) is 10.2. The van der Waals surface area contributed by atoms with Gasteiger partial charge in [0, 0.05) is 6.61 Å². The molecule has 0 saturated heterocycles. The first-order chi connectivity index (χ1) is 7.85. The molecule has 0 aromatic heterocycles. The molecule has 0 aliphatic carbocycles. The number of hydrogen-bond acceptors (Lipinski definition) is 2. The van der Waals surface area contributed by atoms with E-state index in [9.17, 15) is 0 Å². The van der Waals surface area contributed by atoms with Gasteiger partial charge in [0.2, 0.25) is 0 Å². The van der Waals surface area contributed by atoms with Crippen LogP contribution in [0.1, 0.15) is 52.4 Å². The molecule has 0 aliphatic rings. The minimum absolute atomic E-state index is 0.430. The van der Waals surface area contributed by atoms with E-state index in [1.165, 1.54) is 32.1 Å². The van der Waals surface area contributed by atoms with Crippen LogP contribution in [0.15, 0.2) is 12.7 Å². The summed E-state index contributed by atoms with van der Waals surface area (Å²) in [5, 5.41) is 0. The minimum Gasteiger partial charge on any atom is -0.356 e. The van der Waals surface area contributed by atoms with Gasteiger partial charge in [-0.25, -0.2) is 0 Å². The van der Waals surface area contributed by atoms with Crippen LogP contribution in [0.5, 0.6) is 0 Å². The Kier molecular flexibility index (Phi) is 12.5. The Balaban J connectivity index is 3.49. The summed E-state index contributed by atoms with van der Waals surface area (Å²) in [5.74, 6) is 0.620. The van der Waals surface area contributed by atoms with Gasteiger partial charge in [-0.1, -0.05) is 38.7 Å². The Labute approximate surface area is 101 Å². The van der Waals surface area contributed by atoms with E-state index >= 15 is 0 Å². The summed E-state index contributed by atoms with van der Waals surface area (Å²) in [6.45, 7) is 9.98. The highest BCUT2D eigenvalue weighted by Crippen LogP contribution is 2.15. The maximum Gasteiger partial charge on any atom is 0.146 e. The van der Waals surface area contributed by atoms with Gasteiger partial charge in [0.1, 0.15) is 6.79 Å². The van der Waals surface area contributed by atoms with Crippen molar-refractivity contribution >= 4 is 0 Å². The van der Waals surface area contributed by atoms with E-state index in [2.05, 4.69) is 13.5 Å². The van der Waals surface area contributed by atoms with Gasteiger partial charge >= 0.3 is 0 Å². The van der Waals surface area contributed by atoms with Crippen molar-refractivity contribution in [3.05, 3.63) is 12.7 Å². The monoisotopic (exact) mass is 228 g/mol. The predicted octanol–water partition coefficient (Wildman–Crippen LogP) is 4.16. The third-order valence-electron chi connectivity index (χ3n) is 2.69. The molecule has 0 aliphatic heterocycles. The van der Waals surface area contributed by atoms with Crippen molar-refractivity contribution in [3.63, 3.8) is 0 Å². The lowest BCUT2D eigenvalue weighted by atomic mass is 9.98. The van der Waals surface area contributed by atoms with E-state index < -0.39 is 0 Å². The second-order valence-corrected chi connectivity index (χ2v) is 4.22. The quantitative estimate of drug-likeness (QED) is 0.284. The van der Waals surface area contributed by atoms with Gasteiger partial charge in [-0.3, -0.25) is 0 Å². The van der Waals surface area contributed by atoms with Gasteiger partial charge in [-0.15, -0.1) is 6.58 Å². The molecule has 96 valence electrons. The van der Waals surface area contributed by atoms with Gasteiger partial charge in [-0.2, -0.15) is 0 Å². The molecule has 2 heteroatoms. The molecule has 2 nitrogen and oxygen atoms in total. The molecule has 0 aromatic carbocycles. The highest BCUT2D eigenvalue weighted by Gasteiger charge is 2.06. The second-order valence-electron chi connectivity index (χ2n) is 4.22. The largest absolute Gasteiger partial charge is 0.356 e.